The van der Waals surface area contributed by atoms with Crippen molar-refractivity contribution in [1.29, 1.82) is 0 Å². The molecule has 1 saturated carbocycles. The average Bonchev–Trinajstić information content (AvgIpc) is 3.14. The number of carbonyl (C=O) groups excluding carboxylic acids is 2. The Hall–Kier alpha value is -2.37. The first kappa shape index (κ1) is 11.7. The molecule has 6 heteroatoms. The summed E-state index contributed by atoms with van der Waals surface area (Å²) < 4.78 is 0. The van der Waals surface area contributed by atoms with Crippen LogP contribution in [0.1, 0.15) is 33.6 Å². The van der Waals surface area contributed by atoms with Gasteiger partial charge in [0.15, 0.2) is 0 Å². The van der Waals surface area contributed by atoms with Crippen LogP contribution in [0.3, 0.4) is 0 Å². The molecule has 0 atom stereocenters. The van der Waals surface area contributed by atoms with Crippen molar-refractivity contribution in [3.8, 4) is 0 Å². The zero-order valence-electron chi connectivity index (χ0n) is 10.0. The predicted molar refractivity (Wildman–Crippen MR) is 66.1 cm³/mol. The lowest BCUT2D eigenvalue weighted by molar-refractivity contribution is -0.137. The first-order chi connectivity index (χ1) is 9.06. The van der Waals surface area contributed by atoms with Crippen LogP contribution in [0.15, 0.2) is 18.2 Å². The number of carboxylic acid groups (broad SMARTS) is 1. The van der Waals surface area contributed by atoms with Crippen LogP contribution in [0.4, 0.5) is 5.69 Å². The highest BCUT2D eigenvalue weighted by atomic mass is 16.4. The second kappa shape index (κ2) is 4.08. The quantitative estimate of drug-likeness (QED) is 0.787. The van der Waals surface area contributed by atoms with Crippen molar-refractivity contribution in [2.24, 2.45) is 0 Å². The molecule has 0 bridgehead atoms. The van der Waals surface area contributed by atoms with E-state index in [0.717, 1.165) is 23.4 Å². The third-order valence-electron chi connectivity index (χ3n) is 3.21. The summed E-state index contributed by atoms with van der Waals surface area (Å²) in [5, 5.41) is 12.0. The smallest absolute Gasteiger partial charge is 0.323 e. The number of hydrogen-bond acceptors (Lipinski definition) is 4. The Labute approximate surface area is 109 Å². The van der Waals surface area contributed by atoms with Crippen molar-refractivity contribution >= 4 is 23.5 Å². The molecule has 98 valence electrons. The zero-order chi connectivity index (χ0) is 13.6. The van der Waals surface area contributed by atoms with Crippen LogP contribution in [0.2, 0.25) is 0 Å². The third kappa shape index (κ3) is 2.05. The van der Waals surface area contributed by atoms with Gasteiger partial charge >= 0.3 is 5.97 Å². The highest BCUT2D eigenvalue weighted by molar-refractivity contribution is 6.22. The lowest BCUT2D eigenvalue weighted by Gasteiger charge is -2.09. The van der Waals surface area contributed by atoms with Gasteiger partial charge in [0.05, 0.1) is 11.1 Å². The van der Waals surface area contributed by atoms with Crippen molar-refractivity contribution in [2.45, 2.75) is 18.9 Å². The Kier molecular flexibility index (Phi) is 2.51. The molecule has 1 fully saturated rings. The van der Waals surface area contributed by atoms with Crippen molar-refractivity contribution in [3.05, 3.63) is 29.3 Å². The first-order valence-electron chi connectivity index (χ1n) is 6.05. The normalized spacial score (nSPS) is 17.6. The second-order valence-electron chi connectivity index (χ2n) is 4.77. The molecule has 1 aromatic carbocycles. The highest BCUT2D eigenvalue weighted by Gasteiger charge is 2.37. The maximum absolute atomic E-state index is 12.0. The number of fused-ring (bicyclic) bond motifs is 1. The minimum absolute atomic E-state index is 0.271. The molecule has 2 aliphatic rings. The van der Waals surface area contributed by atoms with Crippen LogP contribution in [0.25, 0.3) is 0 Å². The van der Waals surface area contributed by atoms with Gasteiger partial charge in [0, 0.05) is 11.7 Å². The molecular weight excluding hydrogens is 248 g/mol. The number of benzene rings is 1. The number of imide groups is 1. The summed E-state index contributed by atoms with van der Waals surface area (Å²) in [7, 11) is 0. The van der Waals surface area contributed by atoms with E-state index in [2.05, 4.69) is 5.32 Å². The van der Waals surface area contributed by atoms with E-state index in [1.165, 1.54) is 0 Å². The maximum Gasteiger partial charge on any atom is 0.323 e. The van der Waals surface area contributed by atoms with Gasteiger partial charge < -0.3 is 10.4 Å². The Balaban J connectivity index is 1.90. The highest BCUT2D eigenvalue weighted by Crippen LogP contribution is 2.29. The molecule has 0 saturated heterocycles. The lowest BCUT2D eigenvalue weighted by Crippen LogP contribution is -2.34. The van der Waals surface area contributed by atoms with Gasteiger partial charge in [-0.3, -0.25) is 19.3 Å². The molecule has 3 rings (SSSR count). The first-order valence-corrected chi connectivity index (χ1v) is 6.05. The van der Waals surface area contributed by atoms with Crippen molar-refractivity contribution < 1.29 is 19.5 Å². The van der Waals surface area contributed by atoms with Crippen molar-refractivity contribution in [2.75, 3.05) is 11.9 Å². The molecule has 1 aliphatic carbocycles. The largest absolute Gasteiger partial charge is 0.480 e. The van der Waals surface area contributed by atoms with Gasteiger partial charge in [-0.2, -0.15) is 0 Å². The summed E-state index contributed by atoms with van der Waals surface area (Å²) in [6.45, 7) is -0.599. The van der Waals surface area contributed by atoms with Gasteiger partial charge in [0.1, 0.15) is 6.54 Å². The Morgan fingerprint density at radius 3 is 2.58 bits per heavy atom. The van der Waals surface area contributed by atoms with E-state index in [1.54, 1.807) is 18.2 Å². The van der Waals surface area contributed by atoms with E-state index in [4.69, 9.17) is 5.11 Å². The number of anilines is 1. The molecule has 6 nitrogen and oxygen atoms in total. The van der Waals surface area contributed by atoms with Gasteiger partial charge in [-0.15, -0.1) is 0 Å². The predicted octanol–water partition coefficient (Wildman–Crippen LogP) is 0.941. The van der Waals surface area contributed by atoms with Crippen molar-refractivity contribution in [3.63, 3.8) is 0 Å². The molecule has 0 aromatic heterocycles. The Morgan fingerprint density at radius 2 is 1.95 bits per heavy atom. The number of hydrogen-bond donors (Lipinski definition) is 2. The molecule has 0 radical (unpaired) electrons. The van der Waals surface area contributed by atoms with Gasteiger partial charge in [0.2, 0.25) is 0 Å². The third-order valence-corrected chi connectivity index (χ3v) is 3.21. The summed E-state index contributed by atoms with van der Waals surface area (Å²) >= 11 is 0. The van der Waals surface area contributed by atoms with Gasteiger partial charge in [-0.25, -0.2) is 0 Å². The molecule has 0 unspecified atom stereocenters. The van der Waals surface area contributed by atoms with Crippen LogP contribution < -0.4 is 5.32 Å². The van der Waals surface area contributed by atoms with E-state index in [9.17, 15) is 14.4 Å². The van der Waals surface area contributed by atoms with Gasteiger partial charge in [0.25, 0.3) is 11.8 Å². The number of nitrogens with zero attached hydrogens (tertiary/aromatic N) is 1. The number of nitrogens with one attached hydrogen (secondary N) is 1. The van der Waals surface area contributed by atoms with Gasteiger partial charge in [-0.1, -0.05) is 0 Å². The standard InChI is InChI=1S/C13H12N2O4/c16-11(17)6-15-12(18)9-4-3-8(14-7-1-2-7)5-10(9)13(15)19/h3-5,7,14H,1-2,6H2,(H,16,17). The number of rotatable bonds is 4. The SMILES string of the molecule is O=C(O)CN1C(=O)c2ccc(NC3CC3)cc2C1=O. The van der Waals surface area contributed by atoms with Crippen LogP contribution in [0, 0.1) is 0 Å². The van der Waals surface area contributed by atoms with Crippen LogP contribution in [-0.4, -0.2) is 40.4 Å². The Bertz CT molecular complexity index is 592. The monoisotopic (exact) mass is 260 g/mol. The summed E-state index contributed by atoms with van der Waals surface area (Å²) in [4.78, 5) is 35.3. The summed E-state index contributed by atoms with van der Waals surface area (Å²) in [5.41, 5.74) is 1.34. The number of carboxylic acids is 1. The molecule has 2 N–H and O–H groups in total. The van der Waals surface area contributed by atoms with E-state index in [0.29, 0.717) is 6.04 Å². The summed E-state index contributed by atoms with van der Waals surface area (Å²) in [6.07, 6.45) is 2.21. The number of carbonyl (C=O) groups is 3. The summed E-state index contributed by atoms with van der Waals surface area (Å²) in [5.74, 6) is -2.28. The molecule has 1 aliphatic heterocycles. The van der Waals surface area contributed by atoms with E-state index >= 15 is 0 Å². The van der Waals surface area contributed by atoms with Crippen LogP contribution in [0.5, 0.6) is 0 Å². The van der Waals surface area contributed by atoms with Crippen LogP contribution >= 0.6 is 0 Å². The average molecular weight is 260 g/mol. The van der Waals surface area contributed by atoms with E-state index in [-0.39, 0.29) is 11.1 Å². The molecule has 1 aromatic rings. The van der Waals surface area contributed by atoms with E-state index < -0.39 is 24.3 Å². The molecule has 19 heavy (non-hydrogen) atoms. The fourth-order valence-corrected chi connectivity index (χ4v) is 2.12. The molecule has 2 amide bonds. The topological polar surface area (TPSA) is 86.7 Å². The number of amides is 2. The Morgan fingerprint density at radius 1 is 1.26 bits per heavy atom. The van der Waals surface area contributed by atoms with Crippen molar-refractivity contribution in [1.82, 2.24) is 4.90 Å². The molecule has 1 heterocycles. The summed E-state index contributed by atoms with van der Waals surface area (Å²) in [6, 6.07) is 5.38. The second-order valence-corrected chi connectivity index (χ2v) is 4.77. The minimum atomic E-state index is -1.20. The number of aliphatic carboxylic acids is 1. The maximum atomic E-state index is 12.0. The van der Waals surface area contributed by atoms with E-state index in [1.807, 2.05) is 0 Å². The minimum Gasteiger partial charge on any atom is -0.480 e. The molecule has 0 spiro atoms. The van der Waals surface area contributed by atoms with Gasteiger partial charge in [-0.05, 0) is 31.0 Å². The van der Waals surface area contributed by atoms with Crippen LogP contribution in [-0.2, 0) is 4.79 Å². The fraction of sp³-hybridized carbons (Fsp3) is 0.308. The fourth-order valence-electron chi connectivity index (χ4n) is 2.12. The lowest BCUT2D eigenvalue weighted by atomic mass is 10.1. The molecular formula is C13H12N2O4. The zero-order valence-corrected chi connectivity index (χ0v) is 10.0.